The van der Waals surface area contributed by atoms with Gasteiger partial charge < -0.3 is 24.8 Å². The van der Waals surface area contributed by atoms with Crippen molar-refractivity contribution in [3.8, 4) is 22.8 Å². The van der Waals surface area contributed by atoms with E-state index in [4.69, 9.17) is 14.5 Å². The van der Waals surface area contributed by atoms with E-state index in [1.54, 1.807) is 14.2 Å². The minimum atomic E-state index is 0. The molecule has 3 aromatic rings. The standard InChI is InChI=1S/C20H24N4O2.ClH.H2O/c1-24-8-6-13(7-9-24)20-21-12-17-16(23-20)11-15(22-17)14-4-5-18(25-2)19(10-14)26-3;;/h4-5,10-13,22H,6-9H2,1-3H3;1H;1H2. The normalized spacial score (nSPS) is 15.0. The van der Waals surface area contributed by atoms with Crippen LogP contribution in [0.3, 0.4) is 0 Å². The lowest BCUT2D eigenvalue weighted by Gasteiger charge is -2.27. The second kappa shape index (κ2) is 9.23. The van der Waals surface area contributed by atoms with Crippen LogP contribution in [0.5, 0.6) is 11.5 Å². The van der Waals surface area contributed by atoms with E-state index in [0.717, 1.165) is 59.8 Å². The van der Waals surface area contributed by atoms with Gasteiger partial charge in [-0.15, -0.1) is 12.4 Å². The SMILES string of the molecule is COc1ccc(-c2cc3nc(C4CCN(C)CC4)ncc3[nH]2)cc1OC.Cl.O. The Labute approximate surface area is 170 Å². The molecule has 0 aliphatic carbocycles. The minimum absolute atomic E-state index is 0. The molecular formula is C20H27ClN4O3. The number of nitrogens with zero attached hydrogens (tertiary/aromatic N) is 3. The summed E-state index contributed by atoms with van der Waals surface area (Å²) in [6.45, 7) is 2.21. The van der Waals surface area contributed by atoms with Crippen molar-refractivity contribution in [2.75, 3.05) is 34.4 Å². The Hall–Kier alpha value is -2.35. The number of aromatic amines is 1. The first-order chi connectivity index (χ1) is 12.7. The number of rotatable bonds is 4. The molecule has 1 aliphatic heterocycles. The fourth-order valence-electron chi connectivity index (χ4n) is 3.56. The molecule has 1 aliphatic rings. The number of ether oxygens (including phenoxy) is 2. The summed E-state index contributed by atoms with van der Waals surface area (Å²) < 4.78 is 10.7. The molecule has 0 bridgehead atoms. The molecule has 1 fully saturated rings. The second-order valence-electron chi connectivity index (χ2n) is 6.86. The van der Waals surface area contributed by atoms with Crippen LogP contribution in [0.25, 0.3) is 22.3 Å². The number of benzene rings is 1. The summed E-state index contributed by atoms with van der Waals surface area (Å²) in [5.41, 5.74) is 3.93. The molecule has 1 aromatic carbocycles. The zero-order valence-corrected chi connectivity index (χ0v) is 17.2. The first-order valence-corrected chi connectivity index (χ1v) is 8.94. The van der Waals surface area contributed by atoms with Gasteiger partial charge in [0.2, 0.25) is 0 Å². The van der Waals surface area contributed by atoms with Gasteiger partial charge in [-0.3, -0.25) is 0 Å². The van der Waals surface area contributed by atoms with Gasteiger partial charge in [-0.05, 0) is 57.2 Å². The van der Waals surface area contributed by atoms with E-state index >= 15 is 0 Å². The average Bonchev–Trinajstić information content (AvgIpc) is 3.11. The molecule has 1 saturated heterocycles. The highest BCUT2D eigenvalue weighted by molar-refractivity contribution is 5.85. The molecule has 7 nitrogen and oxygen atoms in total. The maximum Gasteiger partial charge on any atom is 0.161 e. The van der Waals surface area contributed by atoms with Crippen LogP contribution in [0, 0.1) is 0 Å². The molecule has 28 heavy (non-hydrogen) atoms. The lowest BCUT2D eigenvalue weighted by Crippen LogP contribution is -2.29. The van der Waals surface area contributed by atoms with E-state index in [2.05, 4.69) is 28.0 Å². The van der Waals surface area contributed by atoms with Crippen LogP contribution in [0.2, 0.25) is 0 Å². The van der Waals surface area contributed by atoms with Crippen LogP contribution in [0.1, 0.15) is 24.6 Å². The topological polar surface area (TPSA) is 94.8 Å². The number of fused-ring (bicyclic) bond motifs is 1. The van der Waals surface area contributed by atoms with Crippen LogP contribution >= 0.6 is 12.4 Å². The number of nitrogens with one attached hydrogen (secondary N) is 1. The largest absolute Gasteiger partial charge is 0.493 e. The molecule has 0 saturated carbocycles. The summed E-state index contributed by atoms with van der Waals surface area (Å²) in [5.74, 6) is 2.84. The molecular weight excluding hydrogens is 380 g/mol. The number of hydrogen-bond acceptors (Lipinski definition) is 5. The summed E-state index contributed by atoms with van der Waals surface area (Å²) >= 11 is 0. The van der Waals surface area contributed by atoms with E-state index in [0.29, 0.717) is 11.7 Å². The van der Waals surface area contributed by atoms with Crippen molar-refractivity contribution in [2.24, 2.45) is 0 Å². The average molecular weight is 407 g/mol. The van der Waals surface area contributed by atoms with Crippen molar-refractivity contribution in [2.45, 2.75) is 18.8 Å². The van der Waals surface area contributed by atoms with E-state index in [1.165, 1.54) is 0 Å². The Balaban J connectivity index is 0.00000140. The first-order valence-electron chi connectivity index (χ1n) is 8.94. The number of likely N-dealkylation sites (tertiary alicyclic amines) is 1. The van der Waals surface area contributed by atoms with Crippen LogP contribution < -0.4 is 9.47 Å². The Morgan fingerprint density at radius 2 is 1.79 bits per heavy atom. The Morgan fingerprint density at radius 1 is 1.07 bits per heavy atom. The molecule has 3 heterocycles. The highest BCUT2D eigenvalue weighted by Crippen LogP contribution is 2.33. The predicted octanol–water partition coefficient (Wildman–Crippen LogP) is 3.05. The van der Waals surface area contributed by atoms with Gasteiger partial charge in [0.1, 0.15) is 5.82 Å². The molecule has 0 spiro atoms. The van der Waals surface area contributed by atoms with Crippen molar-refractivity contribution in [1.82, 2.24) is 19.9 Å². The van der Waals surface area contributed by atoms with Crippen molar-refractivity contribution in [3.05, 3.63) is 36.3 Å². The summed E-state index contributed by atoms with van der Waals surface area (Å²) in [4.78, 5) is 15.2. The third-order valence-corrected chi connectivity index (χ3v) is 5.17. The lowest BCUT2D eigenvalue weighted by atomic mass is 9.96. The molecule has 0 amide bonds. The van der Waals surface area contributed by atoms with E-state index in [-0.39, 0.29) is 17.9 Å². The number of hydrogen-bond donors (Lipinski definition) is 1. The van der Waals surface area contributed by atoms with Crippen molar-refractivity contribution in [1.29, 1.82) is 0 Å². The molecule has 3 N–H and O–H groups in total. The number of halogens is 1. The third kappa shape index (κ3) is 4.22. The van der Waals surface area contributed by atoms with Gasteiger partial charge in [0.25, 0.3) is 0 Å². The molecule has 0 unspecified atom stereocenters. The second-order valence-corrected chi connectivity index (χ2v) is 6.86. The highest BCUT2D eigenvalue weighted by Gasteiger charge is 2.21. The quantitative estimate of drug-likeness (QED) is 0.718. The Bertz CT molecular complexity index is 923. The van der Waals surface area contributed by atoms with Crippen LogP contribution in [-0.2, 0) is 0 Å². The lowest BCUT2D eigenvalue weighted by molar-refractivity contribution is 0.251. The van der Waals surface area contributed by atoms with Crippen LogP contribution in [0.15, 0.2) is 30.5 Å². The van der Waals surface area contributed by atoms with Gasteiger partial charge in [0.15, 0.2) is 11.5 Å². The fraction of sp³-hybridized carbons (Fsp3) is 0.400. The van der Waals surface area contributed by atoms with Gasteiger partial charge in [-0.1, -0.05) is 0 Å². The Morgan fingerprint density at radius 3 is 2.46 bits per heavy atom. The van der Waals surface area contributed by atoms with Crippen molar-refractivity contribution < 1.29 is 14.9 Å². The predicted molar refractivity (Wildman–Crippen MR) is 113 cm³/mol. The van der Waals surface area contributed by atoms with Gasteiger partial charge in [-0.2, -0.15) is 0 Å². The summed E-state index contributed by atoms with van der Waals surface area (Å²) in [5, 5.41) is 0. The Kier molecular flexibility index (Phi) is 7.23. The van der Waals surface area contributed by atoms with Crippen LogP contribution in [-0.4, -0.2) is 59.7 Å². The van der Waals surface area contributed by atoms with E-state index in [1.807, 2.05) is 24.4 Å². The van der Waals surface area contributed by atoms with Gasteiger partial charge >= 0.3 is 0 Å². The number of aromatic nitrogens is 3. The number of methoxy groups -OCH3 is 2. The number of piperidine rings is 1. The summed E-state index contributed by atoms with van der Waals surface area (Å²) in [7, 11) is 5.45. The molecule has 0 radical (unpaired) electrons. The monoisotopic (exact) mass is 406 g/mol. The zero-order chi connectivity index (χ0) is 18.1. The maximum atomic E-state index is 5.41. The van der Waals surface area contributed by atoms with Crippen molar-refractivity contribution >= 4 is 23.4 Å². The maximum absolute atomic E-state index is 5.41. The smallest absolute Gasteiger partial charge is 0.161 e. The van der Waals surface area contributed by atoms with E-state index < -0.39 is 0 Å². The van der Waals surface area contributed by atoms with Gasteiger partial charge in [0, 0.05) is 17.2 Å². The number of H-pyrrole nitrogens is 1. The zero-order valence-electron chi connectivity index (χ0n) is 16.4. The van der Waals surface area contributed by atoms with Gasteiger partial charge in [0.05, 0.1) is 31.4 Å². The van der Waals surface area contributed by atoms with E-state index in [9.17, 15) is 0 Å². The van der Waals surface area contributed by atoms with Gasteiger partial charge in [-0.25, -0.2) is 9.97 Å². The van der Waals surface area contributed by atoms with Crippen LogP contribution in [0.4, 0.5) is 0 Å². The first kappa shape index (κ1) is 21.9. The molecule has 152 valence electrons. The molecule has 4 rings (SSSR count). The van der Waals surface area contributed by atoms with Crippen molar-refractivity contribution in [3.63, 3.8) is 0 Å². The highest BCUT2D eigenvalue weighted by atomic mass is 35.5. The molecule has 0 atom stereocenters. The molecule has 2 aromatic heterocycles. The molecule has 8 heteroatoms. The third-order valence-electron chi connectivity index (χ3n) is 5.17. The summed E-state index contributed by atoms with van der Waals surface area (Å²) in [6, 6.07) is 7.97. The summed E-state index contributed by atoms with van der Waals surface area (Å²) in [6.07, 6.45) is 4.14. The fourth-order valence-corrected chi connectivity index (χ4v) is 3.56. The minimum Gasteiger partial charge on any atom is -0.493 e.